The molecule has 2 fully saturated rings. The molecule has 7 heteroatoms. The van der Waals surface area contributed by atoms with Crippen molar-refractivity contribution in [2.24, 2.45) is 0 Å². The summed E-state index contributed by atoms with van der Waals surface area (Å²) in [4.78, 5) is 12.7. The van der Waals surface area contributed by atoms with Crippen LogP contribution in [0.4, 0.5) is 0 Å². The lowest BCUT2D eigenvalue weighted by Crippen LogP contribution is -2.14. The summed E-state index contributed by atoms with van der Waals surface area (Å²) in [5.41, 5.74) is 5.38. The van der Waals surface area contributed by atoms with Gasteiger partial charge >= 0.3 is 0 Å². The van der Waals surface area contributed by atoms with Gasteiger partial charge in [0.2, 0.25) is 11.7 Å². The molecule has 32 heavy (non-hydrogen) atoms. The Morgan fingerprint density at radius 2 is 1.34 bits per heavy atom. The van der Waals surface area contributed by atoms with Crippen molar-refractivity contribution in [2.45, 2.75) is 37.8 Å². The number of H-pyrrole nitrogens is 1. The van der Waals surface area contributed by atoms with Gasteiger partial charge in [0.05, 0.1) is 17.8 Å². The van der Waals surface area contributed by atoms with Crippen molar-refractivity contribution in [2.75, 3.05) is 13.1 Å². The number of imidazole rings is 1. The number of aromatic amines is 1. The normalized spacial score (nSPS) is 20.8. The van der Waals surface area contributed by atoms with E-state index >= 15 is 0 Å². The van der Waals surface area contributed by atoms with Gasteiger partial charge in [-0.2, -0.15) is 4.98 Å². The lowest BCUT2D eigenvalue weighted by atomic mass is 10.0. The molecule has 4 heterocycles. The fourth-order valence-corrected chi connectivity index (χ4v) is 4.62. The first-order valence-corrected chi connectivity index (χ1v) is 11.4. The molecule has 0 amide bonds. The Morgan fingerprint density at radius 3 is 2.00 bits per heavy atom. The third-order valence-electron chi connectivity index (χ3n) is 6.45. The van der Waals surface area contributed by atoms with E-state index in [2.05, 4.69) is 74.3 Å². The lowest BCUT2D eigenvalue weighted by molar-refractivity contribution is 0.345. The minimum Gasteiger partial charge on any atom is -0.347 e. The van der Waals surface area contributed by atoms with Gasteiger partial charge in [0.1, 0.15) is 5.82 Å². The van der Waals surface area contributed by atoms with E-state index in [1.165, 1.54) is 6.42 Å². The second-order valence-electron chi connectivity index (χ2n) is 8.58. The third kappa shape index (κ3) is 3.74. The van der Waals surface area contributed by atoms with E-state index in [1.54, 1.807) is 0 Å². The Morgan fingerprint density at radius 1 is 0.719 bits per heavy atom. The number of aromatic nitrogens is 4. The van der Waals surface area contributed by atoms with Crippen molar-refractivity contribution in [3.63, 3.8) is 0 Å². The van der Waals surface area contributed by atoms with Gasteiger partial charge in [0.25, 0.3) is 0 Å². The van der Waals surface area contributed by atoms with Crippen LogP contribution in [0.15, 0.2) is 59.3 Å². The SMILES string of the molecule is c1cc(-c2c[nH]c(C3CCCN3)n2)ccc1-c1ccc(-c2noc(C3CCCN3)n2)cc1. The predicted octanol–water partition coefficient (Wildman–Crippen LogP) is 4.64. The molecule has 6 rings (SSSR count). The van der Waals surface area contributed by atoms with Crippen molar-refractivity contribution in [1.29, 1.82) is 0 Å². The number of hydrogen-bond donors (Lipinski definition) is 3. The number of rotatable bonds is 5. The maximum atomic E-state index is 5.47. The molecule has 0 aliphatic carbocycles. The van der Waals surface area contributed by atoms with Gasteiger partial charge in [-0.15, -0.1) is 0 Å². The van der Waals surface area contributed by atoms with Gasteiger partial charge in [-0.3, -0.25) is 0 Å². The highest BCUT2D eigenvalue weighted by Crippen LogP contribution is 2.29. The molecule has 3 N–H and O–H groups in total. The highest BCUT2D eigenvalue weighted by Gasteiger charge is 2.23. The Bertz CT molecular complexity index is 1090. The third-order valence-corrected chi connectivity index (χ3v) is 6.45. The van der Waals surface area contributed by atoms with Gasteiger partial charge in [0.15, 0.2) is 0 Å². The van der Waals surface area contributed by atoms with E-state index in [9.17, 15) is 0 Å². The average Bonchev–Trinajstić information content (AvgIpc) is 3.66. The van der Waals surface area contributed by atoms with E-state index in [4.69, 9.17) is 9.51 Å². The Labute approximate surface area is 186 Å². The summed E-state index contributed by atoms with van der Waals surface area (Å²) in [7, 11) is 0. The molecule has 4 aromatic rings. The van der Waals surface area contributed by atoms with E-state index in [0.29, 0.717) is 17.8 Å². The van der Waals surface area contributed by atoms with E-state index in [-0.39, 0.29) is 6.04 Å². The molecule has 7 nitrogen and oxygen atoms in total. The first kappa shape index (κ1) is 19.4. The van der Waals surface area contributed by atoms with Crippen LogP contribution < -0.4 is 10.6 Å². The second kappa shape index (κ2) is 8.33. The standard InChI is InChI=1S/C25H26N6O/c1-3-20(26-13-1)24-28-15-22(29-24)18-9-5-16(6-10-18)17-7-11-19(12-8-17)23-30-25(32-31-23)21-4-2-14-27-21/h5-12,15,20-21,26-27H,1-4,13-14H2,(H,28,29). The fourth-order valence-electron chi connectivity index (χ4n) is 4.62. The quantitative estimate of drug-likeness (QED) is 0.431. The van der Waals surface area contributed by atoms with Crippen molar-refractivity contribution >= 4 is 0 Å². The van der Waals surface area contributed by atoms with Gasteiger partial charge in [-0.25, -0.2) is 4.98 Å². The first-order valence-electron chi connectivity index (χ1n) is 11.4. The zero-order valence-corrected chi connectivity index (χ0v) is 17.8. The summed E-state index contributed by atoms with van der Waals surface area (Å²) in [5, 5.41) is 11.1. The van der Waals surface area contributed by atoms with Crippen LogP contribution in [-0.4, -0.2) is 33.2 Å². The zero-order valence-electron chi connectivity index (χ0n) is 17.8. The molecule has 0 radical (unpaired) electrons. The number of hydrogen-bond acceptors (Lipinski definition) is 6. The molecule has 2 unspecified atom stereocenters. The monoisotopic (exact) mass is 426 g/mol. The fraction of sp³-hybridized carbons (Fsp3) is 0.320. The largest absolute Gasteiger partial charge is 0.347 e. The number of benzene rings is 2. The molecule has 2 aliphatic rings. The Balaban J connectivity index is 1.17. The lowest BCUT2D eigenvalue weighted by Gasteiger charge is -2.05. The predicted molar refractivity (Wildman–Crippen MR) is 123 cm³/mol. The molecule has 2 aromatic heterocycles. The number of nitrogens with zero attached hydrogens (tertiary/aromatic N) is 3. The summed E-state index contributed by atoms with van der Waals surface area (Å²) in [6.45, 7) is 2.08. The van der Waals surface area contributed by atoms with Crippen molar-refractivity contribution in [3.8, 4) is 33.8 Å². The summed E-state index contributed by atoms with van der Waals surface area (Å²) in [6.07, 6.45) is 6.55. The van der Waals surface area contributed by atoms with Crippen molar-refractivity contribution in [3.05, 3.63) is 66.4 Å². The summed E-state index contributed by atoms with van der Waals surface area (Å²) >= 11 is 0. The van der Waals surface area contributed by atoms with Crippen LogP contribution >= 0.6 is 0 Å². The van der Waals surface area contributed by atoms with Crippen molar-refractivity contribution in [1.82, 2.24) is 30.7 Å². The molecule has 2 atom stereocenters. The van der Waals surface area contributed by atoms with E-state index in [0.717, 1.165) is 66.1 Å². The molecular formula is C25H26N6O. The highest BCUT2D eigenvalue weighted by molar-refractivity contribution is 5.70. The molecule has 2 aromatic carbocycles. The van der Waals surface area contributed by atoms with Crippen LogP contribution in [0.5, 0.6) is 0 Å². The highest BCUT2D eigenvalue weighted by atomic mass is 16.5. The molecule has 0 bridgehead atoms. The maximum Gasteiger partial charge on any atom is 0.244 e. The minimum atomic E-state index is 0.189. The summed E-state index contributed by atoms with van der Waals surface area (Å²) in [5.74, 6) is 2.36. The van der Waals surface area contributed by atoms with Gasteiger partial charge in [-0.05, 0) is 49.9 Å². The summed E-state index contributed by atoms with van der Waals surface area (Å²) in [6, 6.07) is 17.4. The Kier molecular flexibility index (Phi) is 5.05. The van der Waals surface area contributed by atoms with Crippen LogP contribution in [0.1, 0.15) is 49.5 Å². The summed E-state index contributed by atoms with van der Waals surface area (Å²) < 4.78 is 5.47. The van der Waals surface area contributed by atoms with Crippen LogP contribution in [0.25, 0.3) is 33.8 Å². The van der Waals surface area contributed by atoms with Gasteiger partial charge in [-0.1, -0.05) is 53.7 Å². The Hall–Kier alpha value is -3.29. The molecule has 0 spiro atoms. The van der Waals surface area contributed by atoms with Crippen LogP contribution in [0, 0.1) is 0 Å². The zero-order chi connectivity index (χ0) is 21.3. The minimum absolute atomic E-state index is 0.189. The maximum absolute atomic E-state index is 5.47. The van der Waals surface area contributed by atoms with Gasteiger partial charge in [0, 0.05) is 17.3 Å². The molecule has 2 saturated heterocycles. The van der Waals surface area contributed by atoms with Crippen LogP contribution in [-0.2, 0) is 0 Å². The van der Waals surface area contributed by atoms with Crippen LogP contribution in [0.3, 0.4) is 0 Å². The smallest absolute Gasteiger partial charge is 0.244 e. The van der Waals surface area contributed by atoms with Crippen molar-refractivity contribution < 1.29 is 4.52 Å². The molecular weight excluding hydrogens is 400 g/mol. The average molecular weight is 427 g/mol. The van der Waals surface area contributed by atoms with E-state index in [1.807, 2.05) is 6.20 Å². The van der Waals surface area contributed by atoms with Crippen LogP contribution in [0.2, 0.25) is 0 Å². The second-order valence-corrected chi connectivity index (χ2v) is 8.58. The topological polar surface area (TPSA) is 91.7 Å². The molecule has 2 aliphatic heterocycles. The molecule has 162 valence electrons. The molecule has 0 saturated carbocycles. The number of nitrogens with one attached hydrogen (secondary N) is 3. The van der Waals surface area contributed by atoms with Gasteiger partial charge < -0.3 is 20.1 Å². The van der Waals surface area contributed by atoms with E-state index < -0.39 is 0 Å². The first-order chi connectivity index (χ1) is 15.8.